The van der Waals surface area contributed by atoms with Crippen molar-refractivity contribution in [3.05, 3.63) is 65.3 Å². The van der Waals surface area contributed by atoms with Gasteiger partial charge in [-0.2, -0.15) is 0 Å². The smallest absolute Gasteiger partial charge is 0.337 e. The van der Waals surface area contributed by atoms with Gasteiger partial charge in [0.2, 0.25) is 5.71 Å². The van der Waals surface area contributed by atoms with Crippen molar-refractivity contribution in [3.8, 4) is 0 Å². The summed E-state index contributed by atoms with van der Waals surface area (Å²) in [6.07, 6.45) is 4.40. The van der Waals surface area contributed by atoms with Crippen molar-refractivity contribution in [2.45, 2.75) is 38.6 Å². The van der Waals surface area contributed by atoms with Gasteiger partial charge in [-0.25, -0.2) is 9.59 Å². The van der Waals surface area contributed by atoms with Gasteiger partial charge in [-0.05, 0) is 55.0 Å². The van der Waals surface area contributed by atoms with Crippen LogP contribution in [0.2, 0.25) is 0 Å². The maximum atomic E-state index is 12.3. The molecule has 0 saturated heterocycles. The molecule has 130 valence electrons. The van der Waals surface area contributed by atoms with Gasteiger partial charge >= 0.3 is 11.3 Å². The number of aromatic nitrogens is 2. The first-order valence-electron chi connectivity index (χ1n) is 8.44. The zero-order valence-corrected chi connectivity index (χ0v) is 14.4. The van der Waals surface area contributed by atoms with Gasteiger partial charge in [-0.1, -0.05) is 6.07 Å². The Labute approximate surface area is 146 Å². The summed E-state index contributed by atoms with van der Waals surface area (Å²) in [5.74, 6) is 0.416. The van der Waals surface area contributed by atoms with Crippen molar-refractivity contribution in [1.82, 2.24) is 9.55 Å². The zero-order valence-electron chi connectivity index (χ0n) is 13.6. The van der Waals surface area contributed by atoms with E-state index in [0.717, 1.165) is 25.7 Å². The van der Waals surface area contributed by atoms with Crippen LogP contribution in [0.1, 0.15) is 29.7 Å². The molecule has 3 heterocycles. The summed E-state index contributed by atoms with van der Waals surface area (Å²) in [5.41, 5.74) is -0.758. The van der Waals surface area contributed by atoms with E-state index in [-0.39, 0.29) is 5.71 Å². The highest BCUT2D eigenvalue weighted by Crippen LogP contribution is 2.30. The highest BCUT2D eigenvalue weighted by Gasteiger charge is 2.25. The van der Waals surface area contributed by atoms with Gasteiger partial charge in [0.15, 0.2) is 0 Å². The molecule has 3 aromatic heterocycles. The SMILES string of the molecule is O=c1cc(CCCc2cccs2)c2c(=O)[nH]c(=O)n(CC3CC3)c2o1. The minimum Gasteiger partial charge on any atom is -0.405 e. The topological polar surface area (TPSA) is 85.1 Å². The molecule has 0 amide bonds. The van der Waals surface area contributed by atoms with Crippen LogP contribution in [0.15, 0.2) is 42.4 Å². The normalized spacial score (nSPS) is 14.2. The predicted molar refractivity (Wildman–Crippen MR) is 96.4 cm³/mol. The van der Waals surface area contributed by atoms with E-state index >= 15 is 0 Å². The van der Waals surface area contributed by atoms with E-state index in [0.29, 0.717) is 29.8 Å². The molecule has 0 spiro atoms. The zero-order chi connectivity index (χ0) is 17.4. The molecule has 0 aromatic carbocycles. The molecule has 1 saturated carbocycles. The third-order valence-electron chi connectivity index (χ3n) is 4.55. The Balaban J connectivity index is 1.74. The molecule has 3 aromatic rings. The summed E-state index contributed by atoms with van der Waals surface area (Å²) >= 11 is 1.69. The van der Waals surface area contributed by atoms with Crippen LogP contribution in [0.25, 0.3) is 11.1 Å². The fourth-order valence-electron chi connectivity index (χ4n) is 3.11. The second-order valence-corrected chi connectivity index (χ2v) is 7.55. The molecule has 25 heavy (non-hydrogen) atoms. The van der Waals surface area contributed by atoms with Crippen LogP contribution in [-0.2, 0) is 19.4 Å². The first-order valence-corrected chi connectivity index (χ1v) is 9.32. The minimum atomic E-state index is -0.520. The molecule has 1 N–H and O–H groups in total. The number of hydrogen-bond acceptors (Lipinski definition) is 5. The number of aryl methyl sites for hydroxylation is 2. The van der Waals surface area contributed by atoms with E-state index in [9.17, 15) is 14.4 Å². The monoisotopic (exact) mass is 358 g/mol. The van der Waals surface area contributed by atoms with E-state index in [2.05, 4.69) is 11.1 Å². The van der Waals surface area contributed by atoms with Crippen LogP contribution < -0.4 is 16.9 Å². The van der Waals surface area contributed by atoms with Crippen LogP contribution in [-0.4, -0.2) is 9.55 Å². The van der Waals surface area contributed by atoms with E-state index in [1.54, 1.807) is 11.3 Å². The van der Waals surface area contributed by atoms with Gasteiger partial charge in [0.25, 0.3) is 5.56 Å². The number of hydrogen-bond donors (Lipinski definition) is 1. The predicted octanol–water partition coefficient (Wildman–Crippen LogP) is 2.29. The van der Waals surface area contributed by atoms with Gasteiger partial charge in [0, 0.05) is 17.5 Å². The molecule has 0 aliphatic heterocycles. The Morgan fingerprint density at radius 1 is 1.24 bits per heavy atom. The number of aromatic amines is 1. The molecule has 0 radical (unpaired) electrons. The molecule has 7 heteroatoms. The molecule has 1 fully saturated rings. The molecule has 0 unspecified atom stereocenters. The van der Waals surface area contributed by atoms with Crippen LogP contribution in [0.5, 0.6) is 0 Å². The summed E-state index contributed by atoms with van der Waals surface area (Å²) in [7, 11) is 0. The standard InChI is InChI=1S/C18H18N2O4S/c21-14-9-12(3-1-4-13-5-2-8-25-13)15-16(22)19-18(23)20(17(15)24-14)10-11-6-7-11/h2,5,8-9,11H,1,3-4,6-7,10H2,(H,19,22,23). The maximum Gasteiger partial charge on any atom is 0.337 e. The summed E-state index contributed by atoms with van der Waals surface area (Å²) in [5, 5.41) is 2.36. The number of H-pyrrole nitrogens is 1. The Kier molecular flexibility index (Phi) is 4.17. The Hall–Kier alpha value is -2.41. The second kappa shape index (κ2) is 6.48. The van der Waals surface area contributed by atoms with Crippen LogP contribution in [0.4, 0.5) is 0 Å². The average molecular weight is 358 g/mol. The number of fused-ring (bicyclic) bond motifs is 1. The van der Waals surface area contributed by atoms with E-state index in [1.165, 1.54) is 15.5 Å². The number of thiophene rings is 1. The van der Waals surface area contributed by atoms with E-state index < -0.39 is 16.9 Å². The Morgan fingerprint density at radius 2 is 2.08 bits per heavy atom. The van der Waals surface area contributed by atoms with Gasteiger partial charge in [-0.3, -0.25) is 14.3 Å². The highest BCUT2D eigenvalue weighted by atomic mass is 32.1. The van der Waals surface area contributed by atoms with Gasteiger partial charge < -0.3 is 4.42 Å². The minimum absolute atomic E-state index is 0.110. The molecule has 6 nitrogen and oxygen atoms in total. The number of rotatable bonds is 6. The molecular weight excluding hydrogens is 340 g/mol. The third kappa shape index (κ3) is 3.37. The first kappa shape index (κ1) is 16.1. The van der Waals surface area contributed by atoms with E-state index in [4.69, 9.17) is 4.42 Å². The lowest BCUT2D eigenvalue weighted by Crippen LogP contribution is -2.32. The van der Waals surface area contributed by atoms with Crippen LogP contribution in [0, 0.1) is 5.92 Å². The van der Waals surface area contributed by atoms with E-state index in [1.807, 2.05) is 11.4 Å². The van der Waals surface area contributed by atoms with Crippen molar-refractivity contribution in [1.29, 1.82) is 0 Å². The summed E-state index contributed by atoms with van der Waals surface area (Å²) in [6, 6.07) is 5.45. The van der Waals surface area contributed by atoms with Gasteiger partial charge in [-0.15, -0.1) is 11.3 Å². The lowest BCUT2D eigenvalue weighted by atomic mass is 10.1. The van der Waals surface area contributed by atoms with Crippen molar-refractivity contribution in [3.63, 3.8) is 0 Å². The van der Waals surface area contributed by atoms with Gasteiger partial charge in [0.1, 0.15) is 5.39 Å². The highest BCUT2D eigenvalue weighted by molar-refractivity contribution is 7.09. The Bertz CT molecular complexity index is 1070. The molecule has 1 aliphatic carbocycles. The van der Waals surface area contributed by atoms with Crippen molar-refractivity contribution < 1.29 is 4.42 Å². The molecule has 0 atom stereocenters. The maximum absolute atomic E-state index is 12.3. The van der Waals surface area contributed by atoms with Gasteiger partial charge in [0.05, 0.1) is 0 Å². The average Bonchev–Trinajstić information content (AvgIpc) is 3.24. The summed E-state index contributed by atoms with van der Waals surface area (Å²) in [4.78, 5) is 40.1. The summed E-state index contributed by atoms with van der Waals surface area (Å²) < 4.78 is 6.67. The second-order valence-electron chi connectivity index (χ2n) is 6.52. The van der Waals surface area contributed by atoms with Crippen molar-refractivity contribution >= 4 is 22.4 Å². The molecule has 4 rings (SSSR count). The molecular formula is C18H18N2O4S. The first-order chi connectivity index (χ1) is 12.1. The van der Waals surface area contributed by atoms with Crippen LogP contribution >= 0.6 is 11.3 Å². The molecule has 1 aliphatic rings. The fraction of sp³-hybridized carbons (Fsp3) is 0.389. The lowest BCUT2D eigenvalue weighted by molar-refractivity contribution is 0.491. The quantitative estimate of drug-likeness (QED) is 0.733. The number of nitrogens with one attached hydrogen (secondary N) is 1. The lowest BCUT2D eigenvalue weighted by Gasteiger charge is -2.09. The third-order valence-corrected chi connectivity index (χ3v) is 5.49. The van der Waals surface area contributed by atoms with Crippen LogP contribution in [0.3, 0.4) is 0 Å². The number of nitrogens with zero attached hydrogens (tertiary/aromatic N) is 1. The van der Waals surface area contributed by atoms with Crippen molar-refractivity contribution in [2.75, 3.05) is 0 Å². The fourth-order valence-corrected chi connectivity index (χ4v) is 3.86. The van der Waals surface area contributed by atoms with Crippen molar-refractivity contribution in [2.24, 2.45) is 5.92 Å². The summed E-state index contributed by atoms with van der Waals surface area (Å²) in [6.45, 7) is 0.480. The largest absolute Gasteiger partial charge is 0.405 e. The molecule has 0 bridgehead atoms. The Morgan fingerprint density at radius 3 is 2.80 bits per heavy atom.